The molecule has 0 spiro atoms. The van der Waals surface area contributed by atoms with Gasteiger partial charge in [0.1, 0.15) is 17.1 Å². The van der Waals surface area contributed by atoms with E-state index < -0.39 is 11.7 Å². The average Bonchev–Trinajstić information content (AvgIpc) is 2.16. The number of phenolic OH excluding ortho intramolecular Hbond substituents is 1. The van der Waals surface area contributed by atoms with Gasteiger partial charge in [0, 0.05) is 6.07 Å². The average molecular weight is 211 g/mol. The van der Waals surface area contributed by atoms with Gasteiger partial charge in [0.25, 0.3) is 0 Å². The number of carboxylic acids is 1. The van der Waals surface area contributed by atoms with Gasteiger partial charge >= 0.3 is 5.97 Å². The number of phenols is 2. The molecule has 1 unspecified atom stereocenters. The van der Waals surface area contributed by atoms with E-state index in [-0.39, 0.29) is 23.8 Å². The van der Waals surface area contributed by atoms with Gasteiger partial charge in [-0.05, 0) is 24.1 Å². The number of carbonyl (C=O) groups is 1. The number of aromatic hydroxyl groups is 2. The Balaban J connectivity index is 3.29. The van der Waals surface area contributed by atoms with Gasteiger partial charge in [-0.25, -0.2) is 4.79 Å². The number of hydrogen-bond donors (Lipinski definition) is 4. The van der Waals surface area contributed by atoms with Gasteiger partial charge < -0.3 is 21.1 Å². The molecule has 0 aliphatic heterocycles. The maximum Gasteiger partial charge on any atom is 0.339 e. The first-order valence-electron chi connectivity index (χ1n) is 4.46. The molecule has 0 saturated carbocycles. The second kappa shape index (κ2) is 4.18. The highest BCUT2D eigenvalue weighted by Crippen LogP contribution is 2.31. The van der Waals surface area contributed by atoms with E-state index >= 15 is 0 Å². The summed E-state index contributed by atoms with van der Waals surface area (Å²) in [6.07, 6.45) is 0. The number of rotatable bonds is 3. The number of benzene rings is 1. The van der Waals surface area contributed by atoms with Crippen LogP contribution in [0.25, 0.3) is 0 Å². The highest BCUT2D eigenvalue weighted by atomic mass is 16.4. The van der Waals surface area contributed by atoms with Crippen molar-refractivity contribution in [3.05, 3.63) is 23.3 Å². The Morgan fingerprint density at radius 1 is 1.40 bits per heavy atom. The number of nitrogens with two attached hydrogens (primary N) is 1. The van der Waals surface area contributed by atoms with Gasteiger partial charge in [0.2, 0.25) is 0 Å². The van der Waals surface area contributed by atoms with Crippen molar-refractivity contribution in [3.8, 4) is 11.5 Å². The van der Waals surface area contributed by atoms with Crippen LogP contribution < -0.4 is 5.73 Å². The summed E-state index contributed by atoms with van der Waals surface area (Å²) in [4.78, 5) is 10.7. The molecule has 1 atom stereocenters. The predicted octanol–water partition coefficient (Wildman–Crippen LogP) is 0.858. The Bertz CT molecular complexity index is 389. The third-order valence-electron chi connectivity index (χ3n) is 2.26. The molecule has 0 fully saturated rings. The van der Waals surface area contributed by atoms with Crippen molar-refractivity contribution in [3.63, 3.8) is 0 Å². The molecule has 0 bridgehead atoms. The quantitative estimate of drug-likeness (QED) is 0.593. The second-order valence-corrected chi connectivity index (χ2v) is 3.37. The molecule has 5 heteroatoms. The Hall–Kier alpha value is -1.75. The van der Waals surface area contributed by atoms with Crippen molar-refractivity contribution < 1.29 is 20.1 Å². The molecule has 1 aromatic rings. The van der Waals surface area contributed by atoms with Crippen LogP contribution in [0.4, 0.5) is 0 Å². The molecule has 82 valence electrons. The Labute approximate surface area is 86.8 Å². The van der Waals surface area contributed by atoms with E-state index in [1.54, 1.807) is 6.92 Å². The molecular formula is C10H13NO4. The summed E-state index contributed by atoms with van der Waals surface area (Å²) in [7, 11) is 0. The van der Waals surface area contributed by atoms with E-state index in [4.69, 9.17) is 10.8 Å². The molecule has 0 aliphatic carbocycles. The molecule has 0 heterocycles. The van der Waals surface area contributed by atoms with Crippen LogP contribution in [-0.4, -0.2) is 27.8 Å². The van der Waals surface area contributed by atoms with E-state index in [1.165, 1.54) is 6.07 Å². The van der Waals surface area contributed by atoms with Crippen LogP contribution in [-0.2, 0) is 0 Å². The smallest absolute Gasteiger partial charge is 0.339 e. The van der Waals surface area contributed by atoms with E-state index in [1.807, 2.05) is 0 Å². The molecule has 15 heavy (non-hydrogen) atoms. The van der Waals surface area contributed by atoms with Gasteiger partial charge in [0.05, 0.1) is 0 Å². The molecule has 5 N–H and O–H groups in total. The fourth-order valence-corrected chi connectivity index (χ4v) is 1.29. The molecule has 1 rings (SSSR count). The third-order valence-corrected chi connectivity index (χ3v) is 2.26. The highest BCUT2D eigenvalue weighted by Gasteiger charge is 2.16. The zero-order chi connectivity index (χ0) is 11.6. The van der Waals surface area contributed by atoms with Crippen molar-refractivity contribution in [2.75, 3.05) is 6.54 Å². The van der Waals surface area contributed by atoms with Crippen LogP contribution in [0.3, 0.4) is 0 Å². The molecule has 0 saturated heterocycles. The molecule has 0 radical (unpaired) electrons. The van der Waals surface area contributed by atoms with E-state index in [9.17, 15) is 15.0 Å². The van der Waals surface area contributed by atoms with Crippen LogP contribution in [0.5, 0.6) is 11.5 Å². The molecule has 1 aromatic carbocycles. The lowest BCUT2D eigenvalue weighted by Crippen LogP contribution is -2.10. The molecule has 0 aromatic heterocycles. The van der Waals surface area contributed by atoms with Gasteiger partial charge in [-0.15, -0.1) is 0 Å². The van der Waals surface area contributed by atoms with E-state index in [2.05, 4.69) is 0 Å². The number of aromatic carboxylic acids is 1. The van der Waals surface area contributed by atoms with Crippen molar-refractivity contribution in [1.82, 2.24) is 0 Å². The number of carboxylic acid groups (broad SMARTS) is 1. The SMILES string of the molecule is CC(CN)c1cc(C(=O)O)c(O)cc1O. The van der Waals surface area contributed by atoms with Crippen LogP contribution in [0, 0.1) is 0 Å². The van der Waals surface area contributed by atoms with Gasteiger partial charge in [-0.3, -0.25) is 0 Å². The first kappa shape index (κ1) is 11.3. The van der Waals surface area contributed by atoms with Crippen LogP contribution in [0.1, 0.15) is 28.8 Å². The number of hydrogen-bond acceptors (Lipinski definition) is 4. The van der Waals surface area contributed by atoms with Crippen molar-refractivity contribution >= 4 is 5.97 Å². The second-order valence-electron chi connectivity index (χ2n) is 3.37. The maximum atomic E-state index is 10.7. The largest absolute Gasteiger partial charge is 0.508 e. The molecular weight excluding hydrogens is 198 g/mol. The topological polar surface area (TPSA) is 104 Å². The van der Waals surface area contributed by atoms with Crippen LogP contribution in [0.2, 0.25) is 0 Å². The minimum atomic E-state index is -1.24. The summed E-state index contributed by atoms with van der Waals surface area (Å²) in [5, 5.41) is 27.5. The lowest BCUT2D eigenvalue weighted by Gasteiger charge is -2.12. The summed E-state index contributed by atoms with van der Waals surface area (Å²) in [5.74, 6) is -2.00. The Kier molecular flexibility index (Phi) is 3.16. The van der Waals surface area contributed by atoms with Crippen molar-refractivity contribution in [2.24, 2.45) is 5.73 Å². The lowest BCUT2D eigenvalue weighted by atomic mass is 9.97. The zero-order valence-electron chi connectivity index (χ0n) is 8.27. The maximum absolute atomic E-state index is 10.7. The predicted molar refractivity (Wildman–Crippen MR) is 54.2 cm³/mol. The summed E-state index contributed by atoms with van der Waals surface area (Å²) in [6, 6.07) is 2.26. The molecule has 0 aliphatic rings. The minimum Gasteiger partial charge on any atom is -0.508 e. The monoisotopic (exact) mass is 211 g/mol. The van der Waals surface area contributed by atoms with E-state index in [0.717, 1.165) is 6.07 Å². The summed E-state index contributed by atoms with van der Waals surface area (Å²) in [5.41, 5.74) is 5.61. The normalized spacial score (nSPS) is 12.4. The standard InChI is InChI=1S/C10H13NO4/c1-5(4-11)6-2-7(10(14)15)9(13)3-8(6)12/h2-3,5,12-13H,4,11H2,1H3,(H,14,15). The summed E-state index contributed by atoms with van der Waals surface area (Å²) in [6.45, 7) is 2.05. The van der Waals surface area contributed by atoms with E-state index in [0.29, 0.717) is 5.56 Å². The van der Waals surface area contributed by atoms with Crippen LogP contribution >= 0.6 is 0 Å². The first-order chi connectivity index (χ1) is 6.97. The summed E-state index contributed by atoms with van der Waals surface area (Å²) >= 11 is 0. The van der Waals surface area contributed by atoms with Gasteiger partial charge in [0.15, 0.2) is 0 Å². The third kappa shape index (κ3) is 2.19. The highest BCUT2D eigenvalue weighted by molar-refractivity contribution is 5.91. The summed E-state index contributed by atoms with van der Waals surface area (Å²) < 4.78 is 0. The van der Waals surface area contributed by atoms with Crippen LogP contribution in [0.15, 0.2) is 12.1 Å². The first-order valence-corrected chi connectivity index (χ1v) is 4.46. The van der Waals surface area contributed by atoms with Crippen molar-refractivity contribution in [2.45, 2.75) is 12.8 Å². The minimum absolute atomic E-state index is 0.143. The zero-order valence-corrected chi connectivity index (χ0v) is 8.27. The fourth-order valence-electron chi connectivity index (χ4n) is 1.29. The van der Waals surface area contributed by atoms with Gasteiger partial charge in [-0.1, -0.05) is 6.92 Å². The van der Waals surface area contributed by atoms with Gasteiger partial charge in [-0.2, -0.15) is 0 Å². The molecule has 0 amide bonds. The fraction of sp³-hybridized carbons (Fsp3) is 0.300. The molecule has 5 nitrogen and oxygen atoms in total. The van der Waals surface area contributed by atoms with Crippen molar-refractivity contribution in [1.29, 1.82) is 0 Å². The Morgan fingerprint density at radius 2 is 2.00 bits per heavy atom. The Morgan fingerprint density at radius 3 is 2.47 bits per heavy atom. The lowest BCUT2D eigenvalue weighted by molar-refractivity contribution is 0.0693.